The van der Waals surface area contributed by atoms with Crippen molar-refractivity contribution in [1.82, 2.24) is 4.98 Å². The molecular formula is C20H17N3. The molecular weight excluding hydrogens is 282 g/mol. The van der Waals surface area contributed by atoms with Crippen LogP contribution in [0.5, 0.6) is 0 Å². The molecule has 23 heavy (non-hydrogen) atoms. The molecule has 3 nitrogen and oxygen atoms in total. The van der Waals surface area contributed by atoms with E-state index in [0.717, 1.165) is 25.2 Å². The van der Waals surface area contributed by atoms with Gasteiger partial charge in [0.25, 0.3) is 0 Å². The third-order valence-electron chi connectivity index (χ3n) is 4.61. The highest BCUT2D eigenvalue weighted by molar-refractivity contribution is 5.86. The average Bonchev–Trinajstić information content (AvgIpc) is 3.10. The van der Waals surface area contributed by atoms with Gasteiger partial charge in [-0.1, -0.05) is 42.5 Å². The van der Waals surface area contributed by atoms with Gasteiger partial charge >= 0.3 is 0 Å². The number of hydrogen-bond donors (Lipinski definition) is 0. The molecule has 0 N–H and O–H groups in total. The molecule has 0 amide bonds. The van der Waals surface area contributed by atoms with Crippen molar-refractivity contribution in [2.24, 2.45) is 0 Å². The Balaban J connectivity index is 1.83. The quantitative estimate of drug-likeness (QED) is 0.702. The zero-order chi connectivity index (χ0) is 15.6. The molecule has 1 aliphatic rings. The molecule has 1 atom stereocenters. The summed E-state index contributed by atoms with van der Waals surface area (Å²) in [7, 11) is 0. The zero-order valence-corrected chi connectivity index (χ0v) is 12.8. The first-order valence-corrected chi connectivity index (χ1v) is 7.98. The molecule has 0 radical (unpaired) electrons. The maximum Gasteiger partial charge on any atom is 0.146 e. The highest BCUT2D eigenvalue weighted by Gasteiger charge is 2.29. The summed E-state index contributed by atoms with van der Waals surface area (Å²) in [5.41, 5.74) is 1.98. The van der Waals surface area contributed by atoms with Crippen LogP contribution in [0.15, 0.2) is 60.8 Å². The second-order valence-electron chi connectivity index (χ2n) is 5.91. The molecule has 0 bridgehead atoms. The molecule has 2 aromatic carbocycles. The Hall–Kier alpha value is -2.86. The minimum atomic E-state index is 0.281. The molecule has 1 saturated heterocycles. The van der Waals surface area contributed by atoms with Gasteiger partial charge in [-0.25, -0.2) is 4.98 Å². The van der Waals surface area contributed by atoms with Crippen molar-refractivity contribution >= 4 is 16.6 Å². The molecule has 0 aliphatic carbocycles. The predicted molar refractivity (Wildman–Crippen MR) is 92.2 cm³/mol. The standard InChI is InChI=1S/C20H17N3/c21-14-16-8-4-12-22-20(16)23-13-5-11-19(23)18-10-3-7-15-6-1-2-9-17(15)18/h1-4,6-10,12,19H,5,11,13H2. The minimum absolute atomic E-state index is 0.281. The summed E-state index contributed by atoms with van der Waals surface area (Å²) >= 11 is 0. The van der Waals surface area contributed by atoms with Crippen LogP contribution in [0.4, 0.5) is 5.82 Å². The average molecular weight is 299 g/mol. The summed E-state index contributed by atoms with van der Waals surface area (Å²) in [5.74, 6) is 0.811. The van der Waals surface area contributed by atoms with Crippen molar-refractivity contribution in [3.05, 3.63) is 71.9 Å². The molecule has 1 fully saturated rings. The number of anilines is 1. The van der Waals surface area contributed by atoms with Crippen LogP contribution in [0, 0.1) is 11.3 Å². The summed E-state index contributed by atoms with van der Waals surface area (Å²) in [6.07, 6.45) is 3.99. The summed E-state index contributed by atoms with van der Waals surface area (Å²) in [6.45, 7) is 0.944. The van der Waals surface area contributed by atoms with E-state index in [0.29, 0.717) is 5.56 Å². The van der Waals surface area contributed by atoms with Crippen molar-refractivity contribution in [3.8, 4) is 6.07 Å². The van der Waals surface area contributed by atoms with E-state index in [1.165, 1.54) is 16.3 Å². The van der Waals surface area contributed by atoms with E-state index in [9.17, 15) is 5.26 Å². The molecule has 1 aliphatic heterocycles. The lowest BCUT2D eigenvalue weighted by Gasteiger charge is -2.27. The van der Waals surface area contributed by atoms with Crippen LogP contribution in [-0.4, -0.2) is 11.5 Å². The number of hydrogen-bond acceptors (Lipinski definition) is 3. The Labute approximate surface area is 135 Å². The first kappa shape index (κ1) is 13.8. The van der Waals surface area contributed by atoms with Crippen LogP contribution < -0.4 is 4.90 Å². The van der Waals surface area contributed by atoms with E-state index >= 15 is 0 Å². The number of nitrogens with zero attached hydrogens (tertiary/aromatic N) is 3. The third kappa shape index (κ3) is 2.33. The molecule has 4 rings (SSSR count). The predicted octanol–water partition coefficient (Wildman–Crippen LogP) is 4.45. The van der Waals surface area contributed by atoms with Gasteiger partial charge in [0.15, 0.2) is 0 Å². The second kappa shape index (κ2) is 5.73. The van der Waals surface area contributed by atoms with E-state index in [4.69, 9.17) is 0 Å². The van der Waals surface area contributed by atoms with Gasteiger partial charge in [-0.05, 0) is 41.3 Å². The Morgan fingerprint density at radius 2 is 1.91 bits per heavy atom. The van der Waals surface area contributed by atoms with Gasteiger partial charge in [-0.15, -0.1) is 0 Å². The molecule has 1 aromatic heterocycles. The summed E-state index contributed by atoms with van der Waals surface area (Å²) in [4.78, 5) is 6.78. The number of fused-ring (bicyclic) bond motifs is 1. The van der Waals surface area contributed by atoms with Crippen molar-refractivity contribution in [2.75, 3.05) is 11.4 Å². The number of pyridine rings is 1. The maximum atomic E-state index is 9.39. The molecule has 112 valence electrons. The van der Waals surface area contributed by atoms with Crippen LogP contribution in [0.1, 0.15) is 30.0 Å². The first-order chi connectivity index (χ1) is 11.4. The molecule has 2 heterocycles. The monoisotopic (exact) mass is 299 g/mol. The SMILES string of the molecule is N#Cc1cccnc1N1CCCC1c1cccc2ccccc12. The highest BCUT2D eigenvalue weighted by Crippen LogP contribution is 2.39. The van der Waals surface area contributed by atoms with Crippen LogP contribution in [-0.2, 0) is 0 Å². The zero-order valence-electron chi connectivity index (χ0n) is 12.8. The molecule has 3 aromatic rings. The second-order valence-corrected chi connectivity index (χ2v) is 5.91. The van der Waals surface area contributed by atoms with Gasteiger partial charge in [-0.3, -0.25) is 0 Å². The Morgan fingerprint density at radius 1 is 1.04 bits per heavy atom. The van der Waals surface area contributed by atoms with Gasteiger partial charge in [-0.2, -0.15) is 5.26 Å². The molecule has 0 saturated carbocycles. The Morgan fingerprint density at radius 3 is 2.83 bits per heavy atom. The molecule has 1 unspecified atom stereocenters. The van der Waals surface area contributed by atoms with Crippen LogP contribution in [0.3, 0.4) is 0 Å². The largest absolute Gasteiger partial charge is 0.348 e. The van der Waals surface area contributed by atoms with Crippen molar-refractivity contribution < 1.29 is 0 Å². The summed E-state index contributed by atoms with van der Waals surface area (Å²) in [5, 5.41) is 11.9. The van der Waals surface area contributed by atoms with Crippen molar-refractivity contribution in [3.63, 3.8) is 0 Å². The lowest BCUT2D eigenvalue weighted by Crippen LogP contribution is -2.24. The fourth-order valence-corrected chi connectivity index (χ4v) is 3.60. The number of aromatic nitrogens is 1. The fraction of sp³-hybridized carbons (Fsp3) is 0.200. The molecule has 3 heteroatoms. The van der Waals surface area contributed by atoms with Crippen LogP contribution >= 0.6 is 0 Å². The lowest BCUT2D eigenvalue weighted by molar-refractivity contribution is 0.716. The van der Waals surface area contributed by atoms with Gasteiger partial charge in [0.05, 0.1) is 11.6 Å². The van der Waals surface area contributed by atoms with Gasteiger partial charge in [0.1, 0.15) is 11.9 Å². The minimum Gasteiger partial charge on any atom is -0.348 e. The van der Waals surface area contributed by atoms with Crippen LogP contribution in [0.25, 0.3) is 10.8 Å². The van der Waals surface area contributed by atoms with Gasteiger partial charge in [0, 0.05) is 12.7 Å². The third-order valence-corrected chi connectivity index (χ3v) is 4.61. The van der Waals surface area contributed by atoms with Crippen molar-refractivity contribution in [1.29, 1.82) is 5.26 Å². The van der Waals surface area contributed by atoms with Gasteiger partial charge in [0.2, 0.25) is 0 Å². The first-order valence-electron chi connectivity index (χ1n) is 7.98. The van der Waals surface area contributed by atoms with E-state index in [-0.39, 0.29) is 6.04 Å². The Kier molecular flexibility index (Phi) is 3.44. The molecule has 0 spiro atoms. The summed E-state index contributed by atoms with van der Waals surface area (Å²) in [6, 6.07) is 21.2. The number of benzene rings is 2. The van der Waals surface area contributed by atoms with E-state index in [1.54, 1.807) is 6.20 Å². The maximum absolute atomic E-state index is 9.39. The van der Waals surface area contributed by atoms with E-state index in [1.807, 2.05) is 12.1 Å². The summed E-state index contributed by atoms with van der Waals surface area (Å²) < 4.78 is 0. The van der Waals surface area contributed by atoms with E-state index < -0.39 is 0 Å². The lowest BCUT2D eigenvalue weighted by atomic mass is 9.97. The van der Waals surface area contributed by atoms with Crippen molar-refractivity contribution in [2.45, 2.75) is 18.9 Å². The Bertz CT molecular complexity index is 889. The fourth-order valence-electron chi connectivity index (χ4n) is 3.60. The van der Waals surface area contributed by atoms with Crippen LogP contribution in [0.2, 0.25) is 0 Å². The van der Waals surface area contributed by atoms with E-state index in [2.05, 4.69) is 58.4 Å². The normalized spacial score (nSPS) is 17.3. The topological polar surface area (TPSA) is 39.9 Å². The van der Waals surface area contributed by atoms with Gasteiger partial charge < -0.3 is 4.90 Å². The number of rotatable bonds is 2. The number of nitriles is 1. The smallest absolute Gasteiger partial charge is 0.146 e. The highest BCUT2D eigenvalue weighted by atomic mass is 15.2.